The lowest BCUT2D eigenvalue weighted by Crippen LogP contribution is -2.15. The van der Waals surface area contributed by atoms with E-state index in [1.165, 1.54) is 77.4 Å². The van der Waals surface area contributed by atoms with E-state index in [-0.39, 0.29) is 5.41 Å². The molecule has 0 aliphatic heterocycles. The Hall–Kier alpha value is -7.42. The molecule has 2 nitrogen and oxygen atoms in total. The van der Waals surface area contributed by atoms with Gasteiger partial charge >= 0.3 is 0 Å². The van der Waals surface area contributed by atoms with E-state index in [1.54, 1.807) is 0 Å². The third-order valence-corrected chi connectivity index (χ3v) is 12.4. The first-order chi connectivity index (χ1) is 29.0. The van der Waals surface area contributed by atoms with Crippen LogP contribution >= 0.6 is 0 Å². The van der Waals surface area contributed by atoms with Gasteiger partial charge in [-0.15, -0.1) is 0 Å². The predicted molar refractivity (Wildman–Crippen MR) is 249 cm³/mol. The first-order valence-corrected chi connectivity index (χ1v) is 20.5. The highest BCUT2D eigenvalue weighted by atomic mass is 15.1. The number of hydrogen-bond donors (Lipinski definition) is 0. The van der Waals surface area contributed by atoms with Gasteiger partial charge in [-0.1, -0.05) is 184 Å². The second-order valence-corrected chi connectivity index (χ2v) is 16.1. The zero-order valence-electron chi connectivity index (χ0n) is 33.2. The van der Waals surface area contributed by atoms with Crippen molar-refractivity contribution in [1.82, 2.24) is 4.57 Å². The summed E-state index contributed by atoms with van der Waals surface area (Å²) in [4.78, 5) is 2.45. The molecule has 280 valence electrons. The molecule has 1 heterocycles. The summed E-state index contributed by atoms with van der Waals surface area (Å²) in [6.07, 6.45) is 0. The van der Waals surface area contributed by atoms with Gasteiger partial charge in [-0.25, -0.2) is 0 Å². The number of benzene rings is 9. The van der Waals surface area contributed by atoms with E-state index in [0.29, 0.717) is 0 Å². The zero-order chi connectivity index (χ0) is 39.5. The predicted octanol–water partition coefficient (Wildman–Crippen LogP) is 15.6. The quantitative estimate of drug-likeness (QED) is 0.157. The lowest BCUT2D eigenvalue weighted by atomic mass is 9.82. The summed E-state index contributed by atoms with van der Waals surface area (Å²) in [6.45, 7) is 4.72. The molecule has 59 heavy (non-hydrogen) atoms. The first-order valence-electron chi connectivity index (χ1n) is 20.5. The third kappa shape index (κ3) is 5.71. The SMILES string of the molecule is CC1(C)c2ccccc2-c2c(-c3ccccc3N(c3ccc(-c4ccc(-c5ccccc5)cc4)cc3)c3ccc4c5ccccc5n(-c5ccccc5)c4c3)cccc21. The monoisotopic (exact) mass is 754 g/mol. The van der Waals surface area contributed by atoms with E-state index in [9.17, 15) is 0 Å². The van der Waals surface area contributed by atoms with Crippen LogP contribution in [0, 0.1) is 0 Å². The molecule has 0 amide bonds. The molecule has 0 unspecified atom stereocenters. The van der Waals surface area contributed by atoms with Crippen LogP contribution in [0.2, 0.25) is 0 Å². The maximum atomic E-state index is 2.45. The van der Waals surface area contributed by atoms with E-state index in [1.807, 2.05) is 0 Å². The molecule has 1 aromatic heterocycles. The molecule has 1 aliphatic carbocycles. The summed E-state index contributed by atoms with van der Waals surface area (Å²) in [7, 11) is 0. The van der Waals surface area contributed by atoms with Crippen molar-refractivity contribution in [3.05, 3.63) is 230 Å². The molecular formula is C57H42N2. The van der Waals surface area contributed by atoms with Gasteiger partial charge in [0.2, 0.25) is 0 Å². The fourth-order valence-electron chi connectivity index (χ4n) is 9.54. The Morgan fingerprint density at radius 1 is 0.373 bits per heavy atom. The Balaban J connectivity index is 1.11. The van der Waals surface area contributed by atoms with Crippen molar-refractivity contribution >= 4 is 38.9 Å². The topological polar surface area (TPSA) is 8.17 Å². The van der Waals surface area contributed by atoms with Gasteiger partial charge in [0, 0.05) is 38.8 Å². The van der Waals surface area contributed by atoms with E-state index >= 15 is 0 Å². The summed E-state index contributed by atoms with van der Waals surface area (Å²) in [5.74, 6) is 0. The molecule has 0 spiro atoms. The van der Waals surface area contributed by atoms with Crippen LogP contribution in [-0.4, -0.2) is 4.57 Å². The zero-order valence-corrected chi connectivity index (χ0v) is 33.2. The van der Waals surface area contributed by atoms with Crippen molar-refractivity contribution in [2.45, 2.75) is 19.3 Å². The van der Waals surface area contributed by atoms with Crippen LogP contribution in [0.4, 0.5) is 17.1 Å². The normalized spacial score (nSPS) is 12.7. The van der Waals surface area contributed by atoms with Crippen molar-refractivity contribution in [1.29, 1.82) is 0 Å². The number of para-hydroxylation sites is 3. The van der Waals surface area contributed by atoms with Gasteiger partial charge in [0.25, 0.3) is 0 Å². The molecule has 0 fully saturated rings. The molecule has 0 N–H and O–H groups in total. The van der Waals surface area contributed by atoms with Gasteiger partial charge in [0.15, 0.2) is 0 Å². The Morgan fingerprint density at radius 2 is 0.898 bits per heavy atom. The summed E-state index contributed by atoms with van der Waals surface area (Å²) < 4.78 is 2.41. The molecule has 0 bridgehead atoms. The summed E-state index contributed by atoms with van der Waals surface area (Å²) in [6, 6.07) is 79.8. The lowest BCUT2D eigenvalue weighted by molar-refractivity contribution is 0.660. The third-order valence-electron chi connectivity index (χ3n) is 12.4. The van der Waals surface area contributed by atoms with Crippen LogP contribution in [0.1, 0.15) is 25.0 Å². The summed E-state index contributed by atoms with van der Waals surface area (Å²) >= 11 is 0. The van der Waals surface area contributed by atoms with Gasteiger partial charge in [0.05, 0.1) is 16.7 Å². The van der Waals surface area contributed by atoms with Gasteiger partial charge in [0.1, 0.15) is 0 Å². The number of rotatable bonds is 7. The molecule has 0 radical (unpaired) electrons. The number of fused-ring (bicyclic) bond motifs is 6. The van der Waals surface area contributed by atoms with E-state index in [0.717, 1.165) is 22.7 Å². The average molecular weight is 755 g/mol. The molecule has 0 saturated heterocycles. The molecule has 10 aromatic rings. The lowest BCUT2D eigenvalue weighted by Gasteiger charge is -2.29. The molecule has 0 saturated carbocycles. The molecule has 0 atom stereocenters. The Morgan fingerprint density at radius 3 is 1.64 bits per heavy atom. The fraction of sp³-hybridized carbons (Fsp3) is 0.0526. The van der Waals surface area contributed by atoms with Crippen LogP contribution in [0.5, 0.6) is 0 Å². The Kier molecular flexibility index (Phi) is 8.20. The van der Waals surface area contributed by atoms with Gasteiger partial charge in [-0.2, -0.15) is 0 Å². The van der Waals surface area contributed by atoms with Crippen molar-refractivity contribution in [2.24, 2.45) is 0 Å². The van der Waals surface area contributed by atoms with Crippen molar-refractivity contribution < 1.29 is 0 Å². The maximum absolute atomic E-state index is 2.45. The van der Waals surface area contributed by atoms with Crippen molar-refractivity contribution in [3.63, 3.8) is 0 Å². The number of anilines is 3. The number of aromatic nitrogens is 1. The highest BCUT2D eigenvalue weighted by molar-refractivity contribution is 6.10. The van der Waals surface area contributed by atoms with Crippen LogP contribution in [0.15, 0.2) is 218 Å². The number of nitrogens with zero attached hydrogens (tertiary/aromatic N) is 2. The first kappa shape index (κ1) is 34.8. The van der Waals surface area contributed by atoms with E-state index in [4.69, 9.17) is 0 Å². The molecule has 1 aliphatic rings. The molecular weight excluding hydrogens is 713 g/mol. The number of hydrogen-bond acceptors (Lipinski definition) is 1. The minimum absolute atomic E-state index is 0.0957. The minimum Gasteiger partial charge on any atom is -0.310 e. The van der Waals surface area contributed by atoms with Crippen molar-refractivity contribution in [3.8, 4) is 50.2 Å². The van der Waals surface area contributed by atoms with Gasteiger partial charge < -0.3 is 9.47 Å². The highest BCUT2D eigenvalue weighted by Crippen LogP contribution is 2.54. The molecule has 9 aromatic carbocycles. The van der Waals surface area contributed by atoms with Crippen LogP contribution in [0.25, 0.3) is 72.0 Å². The van der Waals surface area contributed by atoms with Crippen molar-refractivity contribution in [2.75, 3.05) is 4.90 Å². The minimum atomic E-state index is -0.0957. The van der Waals surface area contributed by atoms with E-state index < -0.39 is 0 Å². The van der Waals surface area contributed by atoms with Crippen LogP contribution < -0.4 is 4.90 Å². The largest absolute Gasteiger partial charge is 0.310 e. The summed E-state index contributed by atoms with van der Waals surface area (Å²) in [5.41, 5.74) is 19.4. The standard InChI is InChI=1S/C57H42N2/c1-57(2)51-24-12-9-22-50(51)56-49(23-15-25-52(56)57)47-21-11-13-26-53(47)58(44-34-32-42(33-35-44)41-30-28-40(29-31-41)39-16-5-3-6-17-39)45-36-37-48-46-20-10-14-27-54(46)59(55(48)38-45)43-18-7-4-8-19-43/h3-38H,1-2H3. The van der Waals surface area contributed by atoms with E-state index in [2.05, 4.69) is 242 Å². The van der Waals surface area contributed by atoms with Crippen LogP contribution in [-0.2, 0) is 5.41 Å². The smallest absolute Gasteiger partial charge is 0.0561 e. The fourth-order valence-corrected chi connectivity index (χ4v) is 9.54. The molecule has 11 rings (SSSR count). The Labute approximate surface area is 345 Å². The van der Waals surface area contributed by atoms with Crippen LogP contribution in [0.3, 0.4) is 0 Å². The highest BCUT2D eigenvalue weighted by Gasteiger charge is 2.37. The second-order valence-electron chi connectivity index (χ2n) is 16.1. The molecule has 2 heteroatoms. The average Bonchev–Trinajstić information content (AvgIpc) is 3.75. The van der Waals surface area contributed by atoms with Gasteiger partial charge in [-0.3, -0.25) is 0 Å². The maximum Gasteiger partial charge on any atom is 0.0561 e. The Bertz CT molecular complexity index is 3150. The second kappa shape index (κ2) is 13.9. The van der Waals surface area contributed by atoms with Gasteiger partial charge in [-0.05, 0) is 98.6 Å². The summed E-state index contributed by atoms with van der Waals surface area (Å²) in [5, 5.41) is 2.48.